The van der Waals surface area contributed by atoms with Gasteiger partial charge in [0.15, 0.2) is 9.84 Å². The van der Waals surface area contributed by atoms with Crippen molar-refractivity contribution in [3.8, 4) is 0 Å². The zero-order chi connectivity index (χ0) is 17.2. The molecule has 0 aliphatic rings. The summed E-state index contributed by atoms with van der Waals surface area (Å²) >= 11 is 11.7. The summed E-state index contributed by atoms with van der Waals surface area (Å²) in [5, 5.41) is 3.52. The summed E-state index contributed by atoms with van der Waals surface area (Å²) in [4.78, 5) is 12.4. The van der Waals surface area contributed by atoms with Crippen LogP contribution in [0.5, 0.6) is 0 Å². The molecule has 23 heavy (non-hydrogen) atoms. The van der Waals surface area contributed by atoms with Gasteiger partial charge in [0.05, 0.1) is 21.0 Å². The molecule has 2 aromatic carbocycles. The molecule has 122 valence electrons. The standard InChI is InChI=1S/C16H15Cl2NO3S/c1-10(11-3-6-13(7-4-11)23(2,21)22)19-16(20)12-5-8-14(17)15(18)9-12/h3-10H,1-2H3,(H,19,20). The zero-order valence-corrected chi connectivity index (χ0v) is 14.8. The number of carbonyl (C=O) groups excluding carboxylic acids is 1. The number of halogens is 2. The second-order valence-electron chi connectivity index (χ2n) is 5.17. The summed E-state index contributed by atoms with van der Waals surface area (Å²) < 4.78 is 22.9. The van der Waals surface area contributed by atoms with Crippen molar-refractivity contribution >= 4 is 38.9 Å². The molecule has 0 radical (unpaired) electrons. The first-order valence-electron chi connectivity index (χ1n) is 6.74. The van der Waals surface area contributed by atoms with Gasteiger partial charge in [0, 0.05) is 11.8 Å². The van der Waals surface area contributed by atoms with Crippen molar-refractivity contribution in [1.29, 1.82) is 0 Å². The molecule has 2 rings (SSSR count). The molecule has 0 saturated carbocycles. The van der Waals surface area contributed by atoms with Crippen LogP contribution in [0.15, 0.2) is 47.4 Å². The van der Waals surface area contributed by atoms with Crippen molar-refractivity contribution in [2.45, 2.75) is 17.9 Å². The summed E-state index contributed by atoms with van der Waals surface area (Å²) in [6.07, 6.45) is 1.15. The molecule has 0 aliphatic heterocycles. The minimum absolute atomic E-state index is 0.240. The number of carbonyl (C=O) groups is 1. The fourth-order valence-electron chi connectivity index (χ4n) is 2.00. The second kappa shape index (κ2) is 6.91. The Hall–Kier alpha value is -1.56. The van der Waals surface area contributed by atoms with Gasteiger partial charge in [0.2, 0.25) is 0 Å². The van der Waals surface area contributed by atoms with E-state index in [-0.39, 0.29) is 16.8 Å². The molecule has 4 nitrogen and oxygen atoms in total. The van der Waals surface area contributed by atoms with Crippen molar-refractivity contribution < 1.29 is 13.2 Å². The lowest BCUT2D eigenvalue weighted by molar-refractivity contribution is 0.0940. The Bertz CT molecular complexity index is 833. The van der Waals surface area contributed by atoms with Gasteiger partial charge in [0.1, 0.15) is 0 Å². The van der Waals surface area contributed by atoms with Crippen molar-refractivity contribution in [1.82, 2.24) is 5.32 Å². The minimum Gasteiger partial charge on any atom is -0.346 e. The van der Waals surface area contributed by atoms with Crippen LogP contribution in [0, 0.1) is 0 Å². The maximum atomic E-state index is 12.2. The SMILES string of the molecule is CC(NC(=O)c1ccc(Cl)c(Cl)c1)c1ccc(S(C)(=O)=O)cc1. The summed E-state index contributed by atoms with van der Waals surface area (Å²) in [5.41, 5.74) is 1.20. The largest absolute Gasteiger partial charge is 0.346 e. The number of benzene rings is 2. The summed E-state index contributed by atoms with van der Waals surface area (Å²) in [6, 6.07) is 10.8. The predicted molar refractivity (Wildman–Crippen MR) is 91.9 cm³/mol. The quantitative estimate of drug-likeness (QED) is 0.886. The van der Waals surface area contributed by atoms with Crippen LogP contribution in [0.4, 0.5) is 0 Å². The van der Waals surface area contributed by atoms with E-state index in [2.05, 4.69) is 5.32 Å². The molecule has 7 heteroatoms. The number of sulfone groups is 1. The number of hydrogen-bond acceptors (Lipinski definition) is 3. The highest BCUT2D eigenvalue weighted by molar-refractivity contribution is 7.90. The first-order chi connectivity index (χ1) is 10.7. The summed E-state index contributed by atoms with van der Waals surface area (Å²) in [7, 11) is -3.23. The Balaban J connectivity index is 2.13. The number of amides is 1. The maximum absolute atomic E-state index is 12.2. The number of rotatable bonds is 4. The van der Waals surface area contributed by atoms with Gasteiger partial charge >= 0.3 is 0 Å². The van der Waals surface area contributed by atoms with Gasteiger partial charge in [-0.1, -0.05) is 35.3 Å². The third-order valence-electron chi connectivity index (χ3n) is 3.34. The van der Waals surface area contributed by atoms with Crippen LogP contribution in [0.2, 0.25) is 10.0 Å². The normalized spacial score (nSPS) is 12.7. The predicted octanol–water partition coefficient (Wildman–Crippen LogP) is 3.89. The molecule has 0 aromatic heterocycles. The van der Waals surface area contributed by atoms with E-state index < -0.39 is 9.84 Å². The van der Waals surface area contributed by atoms with Gasteiger partial charge in [0.25, 0.3) is 5.91 Å². The van der Waals surface area contributed by atoms with E-state index in [0.29, 0.717) is 15.6 Å². The molecule has 1 N–H and O–H groups in total. The molecule has 1 amide bonds. The van der Waals surface area contributed by atoms with Gasteiger partial charge in [-0.25, -0.2) is 8.42 Å². The lowest BCUT2D eigenvalue weighted by Gasteiger charge is -2.15. The van der Waals surface area contributed by atoms with E-state index in [4.69, 9.17) is 23.2 Å². The molecule has 0 saturated heterocycles. The van der Waals surface area contributed by atoms with Crippen molar-refractivity contribution in [3.63, 3.8) is 0 Å². The fraction of sp³-hybridized carbons (Fsp3) is 0.188. The number of nitrogens with one attached hydrogen (secondary N) is 1. The van der Waals surface area contributed by atoms with E-state index in [1.807, 2.05) is 6.92 Å². The Morgan fingerprint density at radius 3 is 2.17 bits per heavy atom. The summed E-state index contributed by atoms with van der Waals surface area (Å²) in [5.74, 6) is -0.289. The second-order valence-corrected chi connectivity index (χ2v) is 8.00. The average molecular weight is 372 g/mol. The molecule has 1 unspecified atom stereocenters. The van der Waals surface area contributed by atoms with Crippen molar-refractivity contribution in [2.75, 3.05) is 6.26 Å². The van der Waals surface area contributed by atoms with Crippen LogP contribution in [0.3, 0.4) is 0 Å². The topological polar surface area (TPSA) is 63.2 Å². The highest BCUT2D eigenvalue weighted by atomic mass is 35.5. The first kappa shape index (κ1) is 17.8. The highest BCUT2D eigenvalue weighted by Gasteiger charge is 2.14. The van der Waals surface area contributed by atoms with Crippen LogP contribution >= 0.6 is 23.2 Å². The van der Waals surface area contributed by atoms with Crippen LogP contribution in [-0.2, 0) is 9.84 Å². The van der Waals surface area contributed by atoms with Gasteiger partial charge in [-0.3, -0.25) is 4.79 Å². The van der Waals surface area contributed by atoms with Crippen LogP contribution in [-0.4, -0.2) is 20.6 Å². The third-order valence-corrected chi connectivity index (χ3v) is 5.21. The molecule has 2 aromatic rings. The molecular weight excluding hydrogens is 357 g/mol. The van der Waals surface area contributed by atoms with E-state index >= 15 is 0 Å². The van der Waals surface area contributed by atoms with Crippen LogP contribution in [0.25, 0.3) is 0 Å². The van der Waals surface area contributed by atoms with E-state index in [9.17, 15) is 13.2 Å². The van der Waals surface area contributed by atoms with Crippen molar-refractivity contribution in [3.05, 3.63) is 63.6 Å². The molecule has 0 heterocycles. The van der Waals surface area contributed by atoms with E-state index in [0.717, 1.165) is 11.8 Å². The van der Waals surface area contributed by atoms with Gasteiger partial charge in [-0.15, -0.1) is 0 Å². The van der Waals surface area contributed by atoms with Crippen molar-refractivity contribution in [2.24, 2.45) is 0 Å². The minimum atomic E-state index is -3.23. The number of hydrogen-bond donors (Lipinski definition) is 1. The van der Waals surface area contributed by atoms with Crippen LogP contribution in [0.1, 0.15) is 28.9 Å². The van der Waals surface area contributed by atoms with E-state index in [1.54, 1.807) is 24.3 Å². The van der Waals surface area contributed by atoms with Crippen LogP contribution < -0.4 is 5.32 Å². The molecule has 0 bridgehead atoms. The molecule has 0 aliphatic carbocycles. The van der Waals surface area contributed by atoms with Gasteiger partial charge in [-0.2, -0.15) is 0 Å². The highest BCUT2D eigenvalue weighted by Crippen LogP contribution is 2.23. The smallest absolute Gasteiger partial charge is 0.251 e. The summed E-state index contributed by atoms with van der Waals surface area (Å²) in [6.45, 7) is 1.81. The third kappa shape index (κ3) is 4.47. The molecule has 0 spiro atoms. The Labute approximate surface area is 145 Å². The lowest BCUT2D eigenvalue weighted by Crippen LogP contribution is -2.26. The Morgan fingerprint density at radius 1 is 1.04 bits per heavy atom. The monoisotopic (exact) mass is 371 g/mol. The Morgan fingerprint density at radius 2 is 1.65 bits per heavy atom. The lowest BCUT2D eigenvalue weighted by atomic mass is 10.1. The Kier molecular flexibility index (Phi) is 5.34. The first-order valence-corrected chi connectivity index (χ1v) is 9.39. The van der Waals surface area contributed by atoms with Gasteiger partial charge < -0.3 is 5.32 Å². The van der Waals surface area contributed by atoms with Gasteiger partial charge in [-0.05, 0) is 42.8 Å². The zero-order valence-electron chi connectivity index (χ0n) is 12.5. The molecular formula is C16H15Cl2NO3S. The maximum Gasteiger partial charge on any atom is 0.251 e. The fourth-order valence-corrected chi connectivity index (χ4v) is 2.93. The molecule has 0 fully saturated rings. The average Bonchev–Trinajstić information content (AvgIpc) is 2.49. The molecule has 1 atom stereocenters. The van der Waals surface area contributed by atoms with E-state index in [1.165, 1.54) is 18.2 Å².